The van der Waals surface area contributed by atoms with E-state index in [0.29, 0.717) is 23.0 Å². The highest BCUT2D eigenvalue weighted by Crippen LogP contribution is 2.30. The van der Waals surface area contributed by atoms with Gasteiger partial charge in [-0.2, -0.15) is 0 Å². The fourth-order valence-corrected chi connectivity index (χ4v) is 2.11. The first-order chi connectivity index (χ1) is 9.06. The van der Waals surface area contributed by atoms with Gasteiger partial charge in [-0.15, -0.1) is 10.2 Å². The Morgan fingerprint density at radius 2 is 2.00 bits per heavy atom. The van der Waals surface area contributed by atoms with E-state index in [9.17, 15) is 9.59 Å². The Morgan fingerprint density at radius 1 is 1.21 bits per heavy atom. The summed E-state index contributed by atoms with van der Waals surface area (Å²) in [5, 5.41) is 7.54. The SMILES string of the molecule is Cc1ccc2c(c1)C(=O)C(=O)N2Cc1nnc(C)o1. The third-order valence-corrected chi connectivity index (χ3v) is 2.99. The lowest BCUT2D eigenvalue weighted by Crippen LogP contribution is -2.29. The van der Waals surface area contributed by atoms with Crippen LogP contribution in [0.15, 0.2) is 22.6 Å². The number of hydrogen-bond acceptors (Lipinski definition) is 5. The van der Waals surface area contributed by atoms with E-state index in [1.54, 1.807) is 19.1 Å². The summed E-state index contributed by atoms with van der Waals surface area (Å²) in [7, 11) is 0. The quantitative estimate of drug-likeness (QED) is 0.760. The van der Waals surface area contributed by atoms with E-state index in [4.69, 9.17) is 4.42 Å². The van der Waals surface area contributed by atoms with Gasteiger partial charge < -0.3 is 4.42 Å². The predicted molar refractivity (Wildman–Crippen MR) is 65.7 cm³/mol. The van der Waals surface area contributed by atoms with Gasteiger partial charge in [0.15, 0.2) is 0 Å². The maximum atomic E-state index is 12.0. The molecule has 3 rings (SSSR count). The van der Waals surface area contributed by atoms with Crippen LogP contribution in [0.2, 0.25) is 0 Å². The van der Waals surface area contributed by atoms with E-state index in [2.05, 4.69) is 10.2 Å². The van der Waals surface area contributed by atoms with Crippen molar-refractivity contribution in [2.24, 2.45) is 0 Å². The van der Waals surface area contributed by atoms with Crippen molar-refractivity contribution in [2.75, 3.05) is 4.90 Å². The van der Waals surface area contributed by atoms with Gasteiger partial charge in [0.2, 0.25) is 11.8 Å². The third-order valence-electron chi connectivity index (χ3n) is 2.99. The van der Waals surface area contributed by atoms with E-state index >= 15 is 0 Å². The maximum Gasteiger partial charge on any atom is 0.299 e. The van der Waals surface area contributed by atoms with Gasteiger partial charge in [-0.05, 0) is 19.1 Å². The molecule has 2 heterocycles. The summed E-state index contributed by atoms with van der Waals surface area (Å²) in [5.41, 5.74) is 1.97. The molecule has 1 amide bonds. The number of amides is 1. The first kappa shape index (κ1) is 11.6. The van der Waals surface area contributed by atoms with Crippen molar-refractivity contribution in [3.8, 4) is 0 Å². The van der Waals surface area contributed by atoms with Crippen molar-refractivity contribution in [1.29, 1.82) is 0 Å². The van der Waals surface area contributed by atoms with E-state index < -0.39 is 11.7 Å². The van der Waals surface area contributed by atoms with Gasteiger partial charge in [0, 0.05) is 6.92 Å². The number of fused-ring (bicyclic) bond motifs is 1. The van der Waals surface area contributed by atoms with E-state index in [1.165, 1.54) is 4.90 Å². The second kappa shape index (κ2) is 4.01. The molecule has 0 saturated heterocycles. The minimum atomic E-state index is -0.559. The number of carbonyl (C=O) groups is 2. The lowest BCUT2D eigenvalue weighted by atomic mass is 10.1. The lowest BCUT2D eigenvalue weighted by molar-refractivity contribution is -0.114. The highest BCUT2D eigenvalue weighted by atomic mass is 16.4. The topological polar surface area (TPSA) is 76.3 Å². The number of hydrogen-bond donors (Lipinski definition) is 0. The molecule has 6 nitrogen and oxygen atoms in total. The first-order valence-electron chi connectivity index (χ1n) is 5.82. The molecular weight excluding hydrogens is 246 g/mol. The summed E-state index contributed by atoms with van der Waals surface area (Å²) in [5.74, 6) is -0.310. The van der Waals surface area contributed by atoms with Crippen molar-refractivity contribution in [2.45, 2.75) is 20.4 Å². The molecule has 1 aromatic heterocycles. The molecule has 0 fully saturated rings. The summed E-state index contributed by atoms with van der Waals surface area (Å²) in [6.45, 7) is 3.66. The Bertz CT molecular complexity index is 690. The number of ketones is 1. The van der Waals surface area contributed by atoms with Gasteiger partial charge in [-0.3, -0.25) is 14.5 Å². The molecule has 0 atom stereocenters. The van der Waals surface area contributed by atoms with Crippen LogP contribution < -0.4 is 4.90 Å². The van der Waals surface area contributed by atoms with Crippen LogP contribution in [-0.2, 0) is 11.3 Å². The average Bonchev–Trinajstić information content (AvgIpc) is 2.88. The number of anilines is 1. The molecule has 96 valence electrons. The molecule has 2 aromatic rings. The summed E-state index contributed by atoms with van der Waals surface area (Å²) < 4.78 is 5.24. The monoisotopic (exact) mass is 257 g/mol. The second-order valence-electron chi connectivity index (χ2n) is 4.46. The molecule has 1 aliphatic rings. The molecule has 0 unspecified atom stereocenters. The Labute approximate surface area is 109 Å². The highest BCUT2D eigenvalue weighted by Gasteiger charge is 2.36. The molecule has 0 saturated carbocycles. The van der Waals surface area contributed by atoms with E-state index in [-0.39, 0.29) is 6.54 Å². The molecule has 1 aliphatic heterocycles. The van der Waals surface area contributed by atoms with E-state index in [0.717, 1.165) is 5.56 Å². The highest BCUT2D eigenvalue weighted by molar-refractivity contribution is 6.52. The number of carbonyl (C=O) groups excluding carboxylic acids is 2. The average molecular weight is 257 g/mol. The van der Waals surface area contributed by atoms with Crippen LogP contribution in [0.1, 0.15) is 27.7 Å². The second-order valence-corrected chi connectivity index (χ2v) is 4.46. The fourth-order valence-electron chi connectivity index (χ4n) is 2.11. The number of benzene rings is 1. The summed E-state index contributed by atoms with van der Waals surface area (Å²) in [6, 6.07) is 5.34. The molecule has 1 aromatic carbocycles. The Balaban J connectivity index is 1.99. The number of aryl methyl sites for hydroxylation is 2. The van der Waals surface area contributed by atoms with Crippen LogP contribution in [0.4, 0.5) is 5.69 Å². The number of aromatic nitrogens is 2. The van der Waals surface area contributed by atoms with Crippen LogP contribution in [-0.4, -0.2) is 21.9 Å². The summed E-state index contributed by atoms with van der Waals surface area (Å²) in [6.07, 6.45) is 0. The number of rotatable bonds is 2. The Hall–Kier alpha value is -2.50. The van der Waals surface area contributed by atoms with Crippen LogP contribution in [0.5, 0.6) is 0 Å². The fraction of sp³-hybridized carbons (Fsp3) is 0.231. The Kier molecular flexibility index (Phi) is 2.45. The minimum Gasteiger partial charge on any atom is -0.424 e. The van der Waals surface area contributed by atoms with Crippen molar-refractivity contribution >= 4 is 17.4 Å². The zero-order valence-corrected chi connectivity index (χ0v) is 10.5. The van der Waals surface area contributed by atoms with Crippen LogP contribution in [0.3, 0.4) is 0 Å². The standard InChI is InChI=1S/C13H11N3O3/c1-7-3-4-10-9(5-7)12(17)13(18)16(10)6-11-15-14-8(2)19-11/h3-5H,6H2,1-2H3. The largest absolute Gasteiger partial charge is 0.424 e. The van der Waals surface area contributed by atoms with Gasteiger partial charge in [0.25, 0.3) is 11.7 Å². The van der Waals surface area contributed by atoms with Crippen LogP contribution in [0.25, 0.3) is 0 Å². The van der Waals surface area contributed by atoms with Gasteiger partial charge >= 0.3 is 0 Å². The van der Waals surface area contributed by atoms with Crippen LogP contribution in [0, 0.1) is 13.8 Å². The molecule has 0 radical (unpaired) electrons. The zero-order valence-electron chi connectivity index (χ0n) is 10.5. The summed E-state index contributed by atoms with van der Waals surface area (Å²) >= 11 is 0. The first-order valence-corrected chi connectivity index (χ1v) is 5.82. The molecular formula is C13H11N3O3. The molecule has 0 bridgehead atoms. The normalized spacial score (nSPS) is 14.1. The zero-order chi connectivity index (χ0) is 13.6. The molecule has 6 heteroatoms. The van der Waals surface area contributed by atoms with E-state index in [1.807, 2.05) is 13.0 Å². The molecule has 19 heavy (non-hydrogen) atoms. The number of Topliss-reactive ketones (excluding diaryl/α,β-unsaturated/α-hetero) is 1. The predicted octanol–water partition coefficient (Wildman–Crippen LogP) is 1.42. The van der Waals surface area contributed by atoms with Gasteiger partial charge in [-0.25, -0.2) is 0 Å². The third kappa shape index (κ3) is 1.81. The van der Waals surface area contributed by atoms with Gasteiger partial charge in [0.05, 0.1) is 11.3 Å². The minimum absolute atomic E-state index is 0.113. The maximum absolute atomic E-state index is 12.0. The van der Waals surface area contributed by atoms with Crippen molar-refractivity contribution < 1.29 is 14.0 Å². The smallest absolute Gasteiger partial charge is 0.299 e. The molecule has 0 N–H and O–H groups in total. The number of nitrogens with zero attached hydrogens (tertiary/aromatic N) is 3. The lowest BCUT2D eigenvalue weighted by Gasteiger charge is -2.13. The van der Waals surface area contributed by atoms with Gasteiger partial charge in [0.1, 0.15) is 6.54 Å². The van der Waals surface area contributed by atoms with Crippen LogP contribution >= 0.6 is 0 Å². The Morgan fingerprint density at radius 3 is 2.68 bits per heavy atom. The van der Waals surface area contributed by atoms with Crippen molar-refractivity contribution in [1.82, 2.24) is 10.2 Å². The summed E-state index contributed by atoms with van der Waals surface area (Å²) in [4.78, 5) is 25.2. The van der Waals surface area contributed by atoms with Crippen molar-refractivity contribution in [3.63, 3.8) is 0 Å². The van der Waals surface area contributed by atoms with Gasteiger partial charge in [-0.1, -0.05) is 11.6 Å². The van der Waals surface area contributed by atoms with Crippen molar-refractivity contribution in [3.05, 3.63) is 41.1 Å². The molecule has 0 spiro atoms. The molecule has 0 aliphatic carbocycles.